The second-order valence-electron chi connectivity index (χ2n) is 4.85. The minimum absolute atomic E-state index is 0.0879. The minimum Gasteiger partial charge on any atom is -0.383 e. The maximum Gasteiger partial charge on any atom is 0.257 e. The monoisotopic (exact) mass is 332 g/mol. The summed E-state index contributed by atoms with van der Waals surface area (Å²) in [4.78, 5) is 16.6. The first-order chi connectivity index (χ1) is 10.1. The number of carbonyl (C=O) groups is 1. The van der Waals surface area contributed by atoms with Gasteiger partial charge in [0.25, 0.3) is 5.91 Å². The molecule has 1 saturated heterocycles. The zero-order chi connectivity index (χ0) is 15.2. The molecule has 0 atom stereocenters. The number of amides is 1. The van der Waals surface area contributed by atoms with Crippen LogP contribution in [-0.4, -0.2) is 72.3 Å². The number of carbonyl (C=O) groups excluding carboxylic acids is 1. The van der Waals surface area contributed by atoms with Crippen LogP contribution in [0.4, 0.5) is 0 Å². The number of aromatic nitrogens is 2. The zero-order valence-corrected chi connectivity index (χ0v) is 13.4. The Hall–Kier alpha value is -0.950. The Morgan fingerprint density at radius 1 is 1.29 bits per heavy atom. The summed E-state index contributed by atoms with van der Waals surface area (Å²) in [6.07, 6.45) is 0.916. The van der Waals surface area contributed by atoms with Crippen molar-refractivity contribution in [1.82, 2.24) is 20.0 Å². The summed E-state index contributed by atoms with van der Waals surface area (Å²) in [6.45, 7) is 4.69. The fourth-order valence-electron chi connectivity index (χ4n) is 2.29. The van der Waals surface area contributed by atoms with E-state index in [9.17, 15) is 4.79 Å². The molecule has 21 heavy (non-hydrogen) atoms. The Kier molecular flexibility index (Phi) is 6.17. The van der Waals surface area contributed by atoms with E-state index < -0.39 is 0 Å². The van der Waals surface area contributed by atoms with Crippen molar-refractivity contribution in [3.63, 3.8) is 0 Å². The number of ether oxygens (including phenoxy) is 1. The van der Waals surface area contributed by atoms with Crippen molar-refractivity contribution in [3.8, 4) is 0 Å². The van der Waals surface area contributed by atoms with Crippen molar-refractivity contribution < 1.29 is 9.53 Å². The molecule has 116 valence electrons. The van der Waals surface area contributed by atoms with Gasteiger partial charge in [0.15, 0.2) is 10.3 Å². The van der Waals surface area contributed by atoms with E-state index in [2.05, 4.69) is 15.1 Å². The summed E-state index contributed by atoms with van der Waals surface area (Å²) in [7, 11) is 1.69. The summed E-state index contributed by atoms with van der Waals surface area (Å²) < 4.78 is 5.09. The van der Waals surface area contributed by atoms with Crippen molar-refractivity contribution in [2.24, 2.45) is 0 Å². The van der Waals surface area contributed by atoms with Crippen LogP contribution in [0.5, 0.6) is 0 Å². The van der Waals surface area contributed by atoms with Crippen LogP contribution in [0.15, 0.2) is 6.07 Å². The average Bonchev–Trinajstić information content (AvgIpc) is 2.72. The predicted molar refractivity (Wildman–Crippen MR) is 80.9 cm³/mol. The summed E-state index contributed by atoms with van der Waals surface area (Å²) in [5.41, 5.74) is 0.307. The largest absolute Gasteiger partial charge is 0.383 e. The molecule has 1 aromatic heterocycles. The third kappa shape index (κ3) is 4.51. The van der Waals surface area contributed by atoms with Crippen LogP contribution in [0, 0.1) is 0 Å². The highest BCUT2D eigenvalue weighted by atomic mass is 35.5. The van der Waals surface area contributed by atoms with Gasteiger partial charge in [0.2, 0.25) is 0 Å². The van der Waals surface area contributed by atoms with E-state index >= 15 is 0 Å². The molecule has 1 aliphatic rings. The molecule has 2 heterocycles. The van der Waals surface area contributed by atoms with Gasteiger partial charge in [-0.1, -0.05) is 23.2 Å². The highest BCUT2D eigenvalue weighted by Gasteiger charge is 2.23. The fourth-order valence-corrected chi connectivity index (χ4v) is 2.61. The number of hydrogen-bond acceptors (Lipinski definition) is 5. The lowest BCUT2D eigenvalue weighted by Crippen LogP contribution is -2.36. The topological polar surface area (TPSA) is 58.6 Å². The van der Waals surface area contributed by atoms with E-state index in [0.29, 0.717) is 25.3 Å². The van der Waals surface area contributed by atoms with Gasteiger partial charge in [-0.05, 0) is 19.0 Å². The molecule has 0 N–H and O–H groups in total. The molecule has 1 aliphatic heterocycles. The average molecular weight is 333 g/mol. The fraction of sp³-hybridized carbons (Fsp3) is 0.615. The Labute approximate surface area is 134 Å². The maximum absolute atomic E-state index is 12.5. The molecule has 1 amide bonds. The number of methoxy groups -OCH3 is 1. The highest BCUT2D eigenvalue weighted by Crippen LogP contribution is 2.18. The maximum atomic E-state index is 12.5. The van der Waals surface area contributed by atoms with Gasteiger partial charge in [0.05, 0.1) is 12.2 Å². The van der Waals surface area contributed by atoms with Gasteiger partial charge in [-0.3, -0.25) is 9.69 Å². The van der Waals surface area contributed by atoms with Crippen LogP contribution in [-0.2, 0) is 4.74 Å². The molecule has 1 fully saturated rings. The van der Waals surface area contributed by atoms with Crippen LogP contribution in [0.1, 0.15) is 16.8 Å². The summed E-state index contributed by atoms with van der Waals surface area (Å²) in [5.74, 6) is -0.148. The van der Waals surface area contributed by atoms with E-state index in [1.54, 1.807) is 12.0 Å². The quantitative estimate of drug-likeness (QED) is 0.837. The second-order valence-corrected chi connectivity index (χ2v) is 5.60. The molecule has 2 rings (SSSR count). The smallest absolute Gasteiger partial charge is 0.257 e. The summed E-state index contributed by atoms with van der Waals surface area (Å²) in [5, 5.41) is 7.56. The van der Waals surface area contributed by atoms with Crippen molar-refractivity contribution in [2.45, 2.75) is 6.42 Å². The van der Waals surface area contributed by atoms with Gasteiger partial charge < -0.3 is 9.64 Å². The Morgan fingerprint density at radius 3 is 2.86 bits per heavy atom. The van der Waals surface area contributed by atoms with E-state index in [-0.39, 0.29) is 16.2 Å². The molecule has 0 unspecified atom stereocenters. The van der Waals surface area contributed by atoms with Gasteiger partial charge in [-0.15, -0.1) is 10.2 Å². The molecule has 6 nitrogen and oxygen atoms in total. The molecule has 8 heteroatoms. The van der Waals surface area contributed by atoms with Gasteiger partial charge in [-0.2, -0.15) is 0 Å². The van der Waals surface area contributed by atoms with Crippen molar-refractivity contribution in [2.75, 3.05) is 46.4 Å². The standard InChI is InChI=1S/C13H18Cl2N4O2/c1-21-8-7-18-3-2-4-19(6-5-18)13(20)10-9-11(14)16-17-12(10)15/h9H,2-8H2,1H3. The van der Waals surface area contributed by atoms with Gasteiger partial charge >= 0.3 is 0 Å². The Morgan fingerprint density at radius 2 is 2.10 bits per heavy atom. The molecule has 0 aliphatic carbocycles. The predicted octanol–water partition coefficient (Wildman–Crippen LogP) is 1.58. The highest BCUT2D eigenvalue weighted by molar-refractivity contribution is 6.34. The lowest BCUT2D eigenvalue weighted by Gasteiger charge is -2.22. The molecule has 0 spiro atoms. The molecule has 0 bridgehead atoms. The molecule has 0 radical (unpaired) electrons. The van der Waals surface area contributed by atoms with Crippen LogP contribution < -0.4 is 0 Å². The second kappa shape index (κ2) is 7.89. The zero-order valence-electron chi connectivity index (χ0n) is 11.9. The van der Waals surface area contributed by atoms with Crippen LogP contribution in [0.25, 0.3) is 0 Å². The first-order valence-electron chi connectivity index (χ1n) is 6.81. The SMILES string of the molecule is COCCN1CCCN(C(=O)c2cc(Cl)nnc2Cl)CC1. The van der Waals surface area contributed by atoms with Crippen LogP contribution in [0.3, 0.4) is 0 Å². The van der Waals surface area contributed by atoms with Crippen LogP contribution in [0.2, 0.25) is 10.3 Å². The van der Waals surface area contributed by atoms with Crippen molar-refractivity contribution in [1.29, 1.82) is 0 Å². The first-order valence-corrected chi connectivity index (χ1v) is 7.56. The molecule has 0 saturated carbocycles. The lowest BCUT2D eigenvalue weighted by molar-refractivity contribution is 0.0758. The first kappa shape index (κ1) is 16.4. The third-order valence-corrected chi connectivity index (χ3v) is 3.90. The van der Waals surface area contributed by atoms with Gasteiger partial charge in [0.1, 0.15) is 0 Å². The molecule has 1 aromatic rings. The molecular weight excluding hydrogens is 315 g/mol. The van der Waals surface area contributed by atoms with E-state index in [1.807, 2.05) is 0 Å². The van der Waals surface area contributed by atoms with Gasteiger partial charge in [0, 0.05) is 33.3 Å². The summed E-state index contributed by atoms with van der Waals surface area (Å²) >= 11 is 11.7. The number of rotatable bonds is 4. The van der Waals surface area contributed by atoms with Gasteiger partial charge in [-0.25, -0.2) is 0 Å². The Balaban J connectivity index is 2.01. The number of nitrogens with zero attached hydrogens (tertiary/aromatic N) is 4. The number of halogens is 2. The third-order valence-electron chi connectivity index (χ3n) is 3.44. The van der Waals surface area contributed by atoms with E-state index in [0.717, 1.165) is 26.1 Å². The Bertz CT molecular complexity index is 501. The molecule has 0 aromatic carbocycles. The van der Waals surface area contributed by atoms with Crippen molar-refractivity contribution >= 4 is 29.1 Å². The summed E-state index contributed by atoms with van der Waals surface area (Å²) in [6, 6.07) is 1.47. The molecular formula is C13H18Cl2N4O2. The van der Waals surface area contributed by atoms with Crippen LogP contribution >= 0.6 is 23.2 Å². The van der Waals surface area contributed by atoms with E-state index in [1.165, 1.54) is 6.07 Å². The van der Waals surface area contributed by atoms with Crippen molar-refractivity contribution in [3.05, 3.63) is 21.9 Å². The number of hydrogen-bond donors (Lipinski definition) is 0. The minimum atomic E-state index is -0.148. The van der Waals surface area contributed by atoms with E-state index in [4.69, 9.17) is 27.9 Å². The normalized spacial score (nSPS) is 16.8. The lowest BCUT2D eigenvalue weighted by atomic mass is 10.2.